The number of nitrogens with zero attached hydrogens (tertiary/aromatic N) is 6. The highest BCUT2D eigenvalue weighted by molar-refractivity contribution is 6.10. The molecule has 48 heavy (non-hydrogen) atoms. The molecule has 0 saturated carbocycles. The molecule has 2 saturated heterocycles. The summed E-state index contributed by atoms with van der Waals surface area (Å²) < 4.78 is 10.6. The van der Waals surface area contributed by atoms with E-state index in [2.05, 4.69) is 46.1 Å². The summed E-state index contributed by atoms with van der Waals surface area (Å²) in [6.07, 6.45) is 0.308. The molecule has 2 atom stereocenters. The molecule has 0 unspecified atom stereocenters. The van der Waals surface area contributed by atoms with Crippen molar-refractivity contribution in [1.82, 2.24) is 30.4 Å². The maximum Gasteiger partial charge on any atom is 0.433 e. The van der Waals surface area contributed by atoms with Crippen molar-refractivity contribution in [2.24, 2.45) is 0 Å². The Morgan fingerprint density at radius 2 is 1.54 bits per heavy atom. The van der Waals surface area contributed by atoms with Crippen LogP contribution in [0, 0.1) is 0 Å². The number of hydrogen-bond donors (Lipinski definition) is 1. The lowest BCUT2D eigenvalue weighted by molar-refractivity contribution is 0.0936. The van der Waals surface area contributed by atoms with E-state index in [9.17, 15) is 9.59 Å². The molecule has 1 N–H and O–H groups in total. The Morgan fingerprint density at radius 1 is 0.896 bits per heavy atom. The fourth-order valence-corrected chi connectivity index (χ4v) is 6.77. The van der Waals surface area contributed by atoms with Gasteiger partial charge >= 0.3 is 6.09 Å². The number of hydrogen-bond acceptors (Lipinski definition) is 9. The van der Waals surface area contributed by atoms with E-state index in [0.29, 0.717) is 53.0 Å². The molecule has 4 heterocycles. The van der Waals surface area contributed by atoms with E-state index < -0.39 is 12.0 Å². The zero-order valence-electron chi connectivity index (χ0n) is 27.6. The van der Waals surface area contributed by atoms with Crippen LogP contribution in [0.2, 0.25) is 0 Å². The third kappa shape index (κ3) is 6.14. The molecular formula is C37H39N7O4. The van der Waals surface area contributed by atoms with Gasteiger partial charge in [0.25, 0.3) is 5.91 Å². The van der Waals surface area contributed by atoms with Crippen LogP contribution in [-0.4, -0.2) is 69.2 Å². The largest absolute Gasteiger partial charge is 0.451 e. The summed E-state index contributed by atoms with van der Waals surface area (Å²) in [7, 11) is 1.29. The molecule has 2 aromatic heterocycles. The number of para-hydroxylation sites is 2. The number of methoxy groups -OCH3 is 1. The average molecular weight is 646 g/mol. The van der Waals surface area contributed by atoms with Gasteiger partial charge in [0, 0.05) is 53.6 Å². The number of anilines is 1. The number of likely N-dealkylation sites (tertiary alicyclic amines) is 2. The Hall–Kier alpha value is -5.13. The summed E-state index contributed by atoms with van der Waals surface area (Å²) in [5.74, 6) is 0.925. The molecule has 2 bridgehead atoms. The monoisotopic (exact) mass is 645 g/mol. The summed E-state index contributed by atoms with van der Waals surface area (Å²) in [5.41, 5.74) is 6.77. The minimum atomic E-state index is -0.703. The Balaban J connectivity index is 1.23. The van der Waals surface area contributed by atoms with E-state index in [-0.39, 0.29) is 11.5 Å². The van der Waals surface area contributed by atoms with Crippen molar-refractivity contribution in [3.8, 4) is 11.3 Å². The number of ether oxygens (including phenoxy) is 1. The summed E-state index contributed by atoms with van der Waals surface area (Å²) in [5, 5.41) is 6.10. The average Bonchev–Trinajstić information content (AvgIpc) is 3.84. The van der Waals surface area contributed by atoms with Gasteiger partial charge in [0.2, 0.25) is 5.89 Å². The predicted molar refractivity (Wildman–Crippen MR) is 182 cm³/mol. The van der Waals surface area contributed by atoms with Gasteiger partial charge in [-0.15, -0.1) is 0 Å². The van der Waals surface area contributed by atoms with Crippen molar-refractivity contribution >= 4 is 28.6 Å². The van der Waals surface area contributed by atoms with Crippen molar-refractivity contribution in [3.63, 3.8) is 0 Å². The second-order valence-electron chi connectivity index (χ2n) is 13.4. The number of nitrogens with one attached hydrogen (secondary N) is 1. The molecule has 7 rings (SSSR count). The van der Waals surface area contributed by atoms with Crippen LogP contribution in [0.15, 0.2) is 89.5 Å². The number of benzene rings is 3. The van der Waals surface area contributed by atoms with Gasteiger partial charge in [-0.05, 0) is 24.6 Å². The maximum atomic E-state index is 14.5. The summed E-state index contributed by atoms with van der Waals surface area (Å²) in [6, 6.07) is 27.1. The summed E-state index contributed by atoms with van der Waals surface area (Å²) in [4.78, 5) is 42.1. The lowest BCUT2D eigenvalue weighted by Gasteiger charge is -2.34. The lowest BCUT2D eigenvalue weighted by Crippen LogP contribution is -2.47. The molecule has 3 aromatic carbocycles. The number of hydrazine groups is 1. The highest BCUT2D eigenvalue weighted by Gasteiger charge is 2.44. The topological polar surface area (TPSA) is 117 Å². The van der Waals surface area contributed by atoms with E-state index in [1.54, 1.807) is 24.3 Å². The highest BCUT2D eigenvalue weighted by atomic mass is 16.5. The van der Waals surface area contributed by atoms with E-state index in [4.69, 9.17) is 14.2 Å². The van der Waals surface area contributed by atoms with Crippen molar-refractivity contribution in [3.05, 3.63) is 108 Å². The number of fused-ring (bicyclic) bond motifs is 3. The first-order chi connectivity index (χ1) is 23.2. The van der Waals surface area contributed by atoms with Gasteiger partial charge in [0.15, 0.2) is 5.82 Å². The van der Waals surface area contributed by atoms with Crippen LogP contribution < -0.4 is 10.4 Å². The van der Waals surface area contributed by atoms with Crippen molar-refractivity contribution in [2.45, 2.75) is 57.8 Å². The lowest BCUT2D eigenvalue weighted by atomic mass is 9.95. The van der Waals surface area contributed by atoms with Gasteiger partial charge in [-0.3, -0.25) is 20.0 Å². The molecule has 11 heteroatoms. The van der Waals surface area contributed by atoms with E-state index in [0.717, 1.165) is 41.3 Å². The number of carbonyl (C=O) groups excluding carboxylic acids is 2. The standard InChI is InChI=1S/C37H39N7O4/c1-37(2,3)35-39-31(41-48-35)23-43-21-26-19-27(43)20-42(26)22-29-32(34(45)40-44(36(46)47-4)25-15-9-6-10-16-25)28-17-11-12-18-30(28)38-33(29)24-13-7-5-8-14-24/h5-18,26-27H,19-23H2,1-4H3,(H,40,45)/t26-,27-/m1/s1. The molecule has 2 fully saturated rings. The molecular weight excluding hydrogens is 606 g/mol. The van der Waals surface area contributed by atoms with Crippen LogP contribution in [0.1, 0.15) is 54.8 Å². The fraction of sp³-hybridized carbons (Fsp3) is 0.324. The van der Waals surface area contributed by atoms with Crippen molar-refractivity contribution < 1.29 is 18.8 Å². The second kappa shape index (κ2) is 12.8. The normalized spacial score (nSPS) is 17.9. The van der Waals surface area contributed by atoms with Crippen molar-refractivity contribution in [2.75, 3.05) is 25.2 Å². The SMILES string of the molecule is COC(=O)N(NC(=O)c1c(CN2C[C@H]3C[C@@H]2CN3Cc2noc(C(C)(C)C)n2)c(-c2ccccc2)nc2ccccc12)c1ccccc1. The van der Waals surface area contributed by atoms with E-state index >= 15 is 0 Å². The van der Waals surface area contributed by atoms with Crippen LogP contribution in [0.3, 0.4) is 0 Å². The molecule has 246 valence electrons. The number of aromatic nitrogens is 3. The Morgan fingerprint density at radius 3 is 2.19 bits per heavy atom. The fourth-order valence-electron chi connectivity index (χ4n) is 6.77. The number of piperazine rings is 1. The Kier molecular flexibility index (Phi) is 8.40. The smallest absolute Gasteiger partial charge is 0.433 e. The molecule has 11 nitrogen and oxygen atoms in total. The Labute approximate surface area is 279 Å². The van der Waals surface area contributed by atoms with Crippen LogP contribution in [0.25, 0.3) is 22.2 Å². The van der Waals surface area contributed by atoms with Gasteiger partial charge in [-0.25, -0.2) is 9.78 Å². The molecule has 5 aromatic rings. The first kappa shape index (κ1) is 31.5. The van der Waals surface area contributed by atoms with Crippen LogP contribution in [-0.2, 0) is 23.2 Å². The number of carbonyl (C=O) groups is 2. The van der Waals surface area contributed by atoms with Gasteiger partial charge in [0.1, 0.15) is 0 Å². The molecule has 0 radical (unpaired) electrons. The number of rotatable bonds is 7. The molecule has 2 aliphatic rings. The van der Waals surface area contributed by atoms with Gasteiger partial charge in [0.05, 0.1) is 36.1 Å². The molecule has 2 amide bonds. The zero-order valence-corrected chi connectivity index (χ0v) is 27.6. The second-order valence-corrected chi connectivity index (χ2v) is 13.4. The third-order valence-corrected chi connectivity index (χ3v) is 9.14. The van der Waals surface area contributed by atoms with Gasteiger partial charge in [-0.1, -0.05) is 92.7 Å². The highest BCUT2D eigenvalue weighted by Crippen LogP contribution is 2.37. The van der Waals surface area contributed by atoms with Crippen LogP contribution in [0.5, 0.6) is 0 Å². The van der Waals surface area contributed by atoms with E-state index in [1.807, 2.05) is 60.7 Å². The summed E-state index contributed by atoms with van der Waals surface area (Å²) >= 11 is 0. The van der Waals surface area contributed by atoms with Crippen molar-refractivity contribution in [1.29, 1.82) is 0 Å². The first-order valence-electron chi connectivity index (χ1n) is 16.2. The van der Waals surface area contributed by atoms with Crippen LogP contribution >= 0.6 is 0 Å². The molecule has 2 aliphatic heterocycles. The van der Waals surface area contributed by atoms with Gasteiger partial charge < -0.3 is 9.26 Å². The quantitative estimate of drug-likeness (QED) is 0.214. The minimum Gasteiger partial charge on any atom is -0.451 e. The Bertz CT molecular complexity index is 1940. The van der Waals surface area contributed by atoms with Crippen LogP contribution in [0.4, 0.5) is 10.5 Å². The zero-order chi connectivity index (χ0) is 33.4. The maximum absolute atomic E-state index is 14.5. The predicted octanol–water partition coefficient (Wildman–Crippen LogP) is 5.96. The minimum absolute atomic E-state index is 0.199. The first-order valence-corrected chi connectivity index (χ1v) is 16.2. The molecule has 0 aliphatic carbocycles. The van der Waals surface area contributed by atoms with Gasteiger partial charge in [-0.2, -0.15) is 9.99 Å². The number of amides is 2. The van der Waals surface area contributed by atoms with E-state index in [1.165, 1.54) is 7.11 Å². The number of pyridine rings is 1. The molecule has 0 spiro atoms. The summed E-state index contributed by atoms with van der Waals surface area (Å²) in [6.45, 7) is 9.03. The third-order valence-electron chi connectivity index (χ3n) is 9.14.